The zero-order valence-electron chi connectivity index (χ0n) is 12.4. The van der Waals surface area contributed by atoms with Crippen LogP contribution in [0.1, 0.15) is 28.9 Å². The number of hydrogen-bond acceptors (Lipinski definition) is 3. The average Bonchev–Trinajstić information content (AvgIpc) is 2.46. The van der Waals surface area contributed by atoms with Crippen LogP contribution in [0, 0.1) is 11.6 Å². The van der Waals surface area contributed by atoms with E-state index in [1.165, 1.54) is 25.1 Å². The molecule has 0 fully saturated rings. The first-order valence-electron chi connectivity index (χ1n) is 6.67. The Labute approximate surface area is 142 Å². The molecule has 0 spiro atoms. The van der Waals surface area contributed by atoms with E-state index in [1.807, 2.05) is 0 Å². The van der Waals surface area contributed by atoms with E-state index in [0.717, 1.165) is 12.1 Å². The second-order valence-corrected chi connectivity index (χ2v) is 6.99. The smallest absolute Gasteiger partial charge is 0.251 e. The van der Waals surface area contributed by atoms with Gasteiger partial charge >= 0.3 is 0 Å². The first kappa shape index (κ1) is 18.3. The summed E-state index contributed by atoms with van der Waals surface area (Å²) in [5, 5.41) is 7.40. The van der Waals surface area contributed by atoms with Gasteiger partial charge in [-0.15, -0.1) is 0 Å². The third-order valence-corrected chi connectivity index (χ3v) is 4.67. The summed E-state index contributed by atoms with van der Waals surface area (Å²) < 4.78 is 49.5. The molecule has 128 valence electrons. The zero-order valence-corrected chi connectivity index (χ0v) is 14.0. The Balaban J connectivity index is 2.27. The predicted molar refractivity (Wildman–Crippen MR) is 85.1 cm³/mol. The van der Waals surface area contributed by atoms with Gasteiger partial charge in [0.2, 0.25) is 10.0 Å². The molecule has 24 heavy (non-hydrogen) atoms. The summed E-state index contributed by atoms with van der Waals surface area (Å²) in [5.74, 6) is -2.19. The Morgan fingerprint density at radius 1 is 1.21 bits per heavy atom. The average molecular weight is 375 g/mol. The maximum Gasteiger partial charge on any atom is 0.251 e. The number of rotatable bonds is 4. The minimum absolute atomic E-state index is 0.0159. The summed E-state index contributed by atoms with van der Waals surface area (Å²) >= 11 is 5.75. The molecular weight excluding hydrogens is 362 g/mol. The number of nitrogens with two attached hydrogens (primary N) is 1. The van der Waals surface area contributed by atoms with Crippen molar-refractivity contribution in [3.8, 4) is 0 Å². The molecule has 1 atom stereocenters. The normalized spacial score (nSPS) is 12.7. The molecule has 0 aliphatic heterocycles. The second kappa shape index (κ2) is 6.84. The van der Waals surface area contributed by atoms with E-state index >= 15 is 0 Å². The maximum absolute atomic E-state index is 13.7. The SMILES string of the molecule is C[C@H](NC(=O)c1ccc(Cl)c(S(N)(=O)=O)c1)c1ccc(F)cc1F. The summed E-state index contributed by atoms with van der Waals surface area (Å²) in [7, 11) is -4.10. The van der Waals surface area contributed by atoms with Gasteiger partial charge in [-0.1, -0.05) is 17.7 Å². The van der Waals surface area contributed by atoms with Crippen molar-refractivity contribution in [3.05, 3.63) is 64.2 Å². The van der Waals surface area contributed by atoms with E-state index in [1.54, 1.807) is 0 Å². The molecule has 0 heterocycles. The highest BCUT2D eigenvalue weighted by atomic mass is 35.5. The zero-order chi connectivity index (χ0) is 18.1. The molecule has 0 aliphatic rings. The Hall–Kier alpha value is -2.03. The van der Waals surface area contributed by atoms with E-state index in [4.69, 9.17) is 16.7 Å². The summed E-state index contributed by atoms with van der Waals surface area (Å²) in [5.41, 5.74) is 0.0724. The lowest BCUT2D eigenvalue weighted by Crippen LogP contribution is -2.27. The monoisotopic (exact) mass is 374 g/mol. The Bertz CT molecular complexity index is 904. The van der Waals surface area contributed by atoms with Gasteiger partial charge in [0, 0.05) is 17.2 Å². The topological polar surface area (TPSA) is 89.3 Å². The van der Waals surface area contributed by atoms with Crippen molar-refractivity contribution in [2.24, 2.45) is 5.14 Å². The second-order valence-electron chi connectivity index (χ2n) is 5.05. The maximum atomic E-state index is 13.7. The number of sulfonamides is 1. The molecule has 5 nitrogen and oxygen atoms in total. The Kier molecular flexibility index (Phi) is 5.22. The van der Waals surface area contributed by atoms with Gasteiger partial charge in [-0.2, -0.15) is 0 Å². The Morgan fingerprint density at radius 2 is 1.88 bits per heavy atom. The van der Waals surface area contributed by atoms with Gasteiger partial charge in [0.1, 0.15) is 16.5 Å². The van der Waals surface area contributed by atoms with Gasteiger partial charge in [0.05, 0.1) is 11.1 Å². The number of primary sulfonamides is 1. The van der Waals surface area contributed by atoms with Gasteiger partial charge in [-0.25, -0.2) is 22.3 Å². The van der Waals surface area contributed by atoms with Crippen LogP contribution in [0.5, 0.6) is 0 Å². The van der Waals surface area contributed by atoms with E-state index in [2.05, 4.69) is 5.32 Å². The highest BCUT2D eigenvalue weighted by molar-refractivity contribution is 7.89. The first-order valence-corrected chi connectivity index (χ1v) is 8.60. The quantitative estimate of drug-likeness (QED) is 0.862. The molecule has 0 unspecified atom stereocenters. The van der Waals surface area contributed by atoms with Crippen molar-refractivity contribution in [1.29, 1.82) is 0 Å². The number of carbonyl (C=O) groups is 1. The summed E-state index contributed by atoms with van der Waals surface area (Å²) in [6, 6.07) is 5.78. The molecule has 0 aliphatic carbocycles. The van der Waals surface area contributed by atoms with Gasteiger partial charge in [0.15, 0.2) is 0 Å². The summed E-state index contributed by atoms with van der Waals surface area (Å²) in [6.45, 7) is 1.50. The fourth-order valence-electron chi connectivity index (χ4n) is 2.07. The first-order chi connectivity index (χ1) is 11.1. The molecule has 0 bridgehead atoms. The molecule has 9 heteroatoms. The minimum atomic E-state index is -4.10. The molecule has 1 amide bonds. The van der Waals surface area contributed by atoms with Gasteiger partial charge in [-0.05, 0) is 31.2 Å². The van der Waals surface area contributed by atoms with Crippen LogP contribution in [-0.4, -0.2) is 14.3 Å². The Morgan fingerprint density at radius 3 is 2.46 bits per heavy atom. The van der Waals surface area contributed by atoms with Crippen LogP contribution in [0.15, 0.2) is 41.3 Å². The number of halogens is 3. The van der Waals surface area contributed by atoms with Crippen LogP contribution < -0.4 is 10.5 Å². The van der Waals surface area contributed by atoms with Crippen molar-refractivity contribution in [1.82, 2.24) is 5.32 Å². The lowest BCUT2D eigenvalue weighted by molar-refractivity contribution is 0.0939. The third-order valence-electron chi connectivity index (χ3n) is 3.28. The highest BCUT2D eigenvalue weighted by Crippen LogP contribution is 2.23. The summed E-state index contributed by atoms with van der Waals surface area (Å²) in [6.07, 6.45) is 0. The highest BCUT2D eigenvalue weighted by Gasteiger charge is 2.19. The van der Waals surface area contributed by atoms with E-state index in [-0.39, 0.29) is 16.1 Å². The fraction of sp³-hybridized carbons (Fsp3) is 0.133. The van der Waals surface area contributed by atoms with Gasteiger partial charge in [0.25, 0.3) is 5.91 Å². The van der Waals surface area contributed by atoms with E-state index < -0.39 is 38.5 Å². The standard InChI is InChI=1S/C15H13ClF2N2O3S/c1-8(11-4-3-10(17)7-13(11)18)20-15(21)9-2-5-12(16)14(6-9)24(19,22)23/h2-8H,1H3,(H,20,21)(H2,19,22,23)/t8-/m0/s1. The van der Waals surface area contributed by atoms with Crippen molar-refractivity contribution < 1.29 is 22.0 Å². The molecule has 0 saturated carbocycles. The molecule has 0 radical (unpaired) electrons. The van der Waals surface area contributed by atoms with Crippen LogP contribution >= 0.6 is 11.6 Å². The van der Waals surface area contributed by atoms with Crippen LogP contribution in [0.2, 0.25) is 5.02 Å². The minimum Gasteiger partial charge on any atom is -0.345 e. The molecule has 2 rings (SSSR count). The number of nitrogens with one attached hydrogen (secondary N) is 1. The van der Waals surface area contributed by atoms with Crippen LogP contribution in [0.4, 0.5) is 8.78 Å². The number of hydrogen-bond donors (Lipinski definition) is 2. The van der Waals surface area contributed by atoms with E-state index in [9.17, 15) is 22.0 Å². The van der Waals surface area contributed by atoms with Crippen LogP contribution in [0.3, 0.4) is 0 Å². The molecule has 2 aromatic carbocycles. The number of carbonyl (C=O) groups excluding carboxylic acids is 1. The predicted octanol–water partition coefficient (Wildman–Crippen LogP) is 2.76. The van der Waals surface area contributed by atoms with Crippen molar-refractivity contribution in [2.45, 2.75) is 17.9 Å². The van der Waals surface area contributed by atoms with E-state index in [0.29, 0.717) is 6.07 Å². The fourth-order valence-corrected chi connectivity index (χ4v) is 3.14. The largest absolute Gasteiger partial charge is 0.345 e. The molecule has 3 N–H and O–H groups in total. The van der Waals surface area contributed by atoms with Crippen molar-refractivity contribution >= 4 is 27.5 Å². The van der Waals surface area contributed by atoms with Crippen molar-refractivity contribution in [3.63, 3.8) is 0 Å². The number of benzene rings is 2. The lowest BCUT2D eigenvalue weighted by Gasteiger charge is -2.15. The summed E-state index contributed by atoms with van der Waals surface area (Å²) in [4.78, 5) is 11.8. The van der Waals surface area contributed by atoms with Crippen LogP contribution in [0.25, 0.3) is 0 Å². The van der Waals surface area contributed by atoms with Gasteiger partial charge in [-0.3, -0.25) is 4.79 Å². The molecule has 0 saturated heterocycles. The lowest BCUT2D eigenvalue weighted by atomic mass is 10.1. The number of amides is 1. The molecule has 0 aromatic heterocycles. The molecule has 2 aromatic rings. The third kappa shape index (κ3) is 4.08. The van der Waals surface area contributed by atoms with Gasteiger partial charge < -0.3 is 5.32 Å². The molecular formula is C15H13ClF2N2O3S. The van der Waals surface area contributed by atoms with Crippen LogP contribution in [-0.2, 0) is 10.0 Å². The van der Waals surface area contributed by atoms with Crippen molar-refractivity contribution in [2.75, 3.05) is 0 Å².